The van der Waals surface area contributed by atoms with E-state index >= 15 is 0 Å². The summed E-state index contributed by atoms with van der Waals surface area (Å²) in [4.78, 5) is 0. The van der Waals surface area contributed by atoms with Gasteiger partial charge in [-0.2, -0.15) is 35.1 Å². The second-order valence-electron chi connectivity index (χ2n) is 5.92. The first kappa shape index (κ1) is 26.1. The lowest BCUT2D eigenvalue weighted by Gasteiger charge is -2.25. The summed E-state index contributed by atoms with van der Waals surface area (Å²) < 4.78 is 150. The molecule has 0 unspecified atom stereocenters. The van der Waals surface area contributed by atoms with Crippen molar-refractivity contribution in [2.24, 2.45) is 0 Å². The summed E-state index contributed by atoms with van der Waals surface area (Å²) in [5.74, 6) is -20.7. The number of hydrogen-bond donors (Lipinski definition) is 1. The molecule has 0 saturated carbocycles. The van der Waals surface area contributed by atoms with Crippen molar-refractivity contribution in [2.45, 2.75) is 75.1 Å². The Bertz CT molecular complexity index is 386. The molecule has 1 nitrogen and oxygen atoms in total. The van der Waals surface area contributed by atoms with Crippen LogP contribution < -0.4 is 5.32 Å². The van der Waals surface area contributed by atoms with E-state index in [-0.39, 0.29) is 25.9 Å². The van der Waals surface area contributed by atoms with Crippen LogP contribution in [0.15, 0.2) is 0 Å². The molecule has 0 atom stereocenters. The second kappa shape index (κ2) is 10.1. The van der Waals surface area contributed by atoms with Crippen LogP contribution in [-0.4, -0.2) is 49.6 Å². The molecule has 0 spiro atoms. The Labute approximate surface area is 147 Å². The average molecular weight is 429 g/mol. The van der Waals surface area contributed by atoms with Gasteiger partial charge in [0, 0.05) is 12.8 Å². The highest BCUT2D eigenvalue weighted by atomic mass is 19.4. The van der Waals surface area contributed by atoms with Crippen LogP contribution in [0.5, 0.6) is 0 Å². The zero-order chi connectivity index (χ0) is 21.5. The van der Waals surface area contributed by atoms with Crippen LogP contribution in [0, 0.1) is 0 Å². The van der Waals surface area contributed by atoms with Gasteiger partial charge in [0.1, 0.15) is 0 Å². The third-order valence-electron chi connectivity index (χ3n) is 3.71. The van der Waals surface area contributed by atoms with E-state index in [1.54, 1.807) is 0 Å². The Balaban J connectivity index is 3.95. The summed E-state index contributed by atoms with van der Waals surface area (Å²) in [5.41, 5.74) is 0. The molecule has 0 heterocycles. The molecule has 0 aromatic rings. The summed E-state index contributed by atoms with van der Waals surface area (Å²) in [7, 11) is 0. The van der Waals surface area contributed by atoms with Gasteiger partial charge in [0.25, 0.3) is 0 Å². The van der Waals surface area contributed by atoms with E-state index in [0.29, 0.717) is 0 Å². The van der Waals surface area contributed by atoms with Crippen LogP contribution in [0.25, 0.3) is 0 Å². The predicted molar refractivity (Wildman–Crippen MR) is 72.4 cm³/mol. The summed E-state index contributed by atoms with van der Waals surface area (Å²) in [5, 5.41) is 2.52. The predicted octanol–water partition coefficient (Wildman–Crippen LogP) is 5.99. The lowest BCUT2D eigenvalue weighted by Crippen LogP contribution is -2.46. The highest BCUT2D eigenvalue weighted by Crippen LogP contribution is 2.43. The molecule has 0 aromatic carbocycles. The molecule has 1 N–H and O–H groups in total. The quantitative estimate of drug-likeness (QED) is 0.264. The van der Waals surface area contributed by atoms with Gasteiger partial charge in [-0.1, -0.05) is 0 Å². The van der Waals surface area contributed by atoms with Gasteiger partial charge in [-0.15, -0.1) is 0 Å². The minimum atomic E-state index is -5.45. The zero-order valence-corrected chi connectivity index (χ0v) is 13.8. The molecule has 0 aliphatic carbocycles. The number of alkyl halides is 12. The van der Waals surface area contributed by atoms with Crippen LogP contribution >= 0.6 is 0 Å². The van der Waals surface area contributed by atoms with Crippen molar-refractivity contribution in [3.05, 3.63) is 0 Å². The second-order valence-corrected chi connectivity index (χ2v) is 5.92. The Morgan fingerprint density at radius 1 is 0.519 bits per heavy atom. The molecular weight excluding hydrogens is 410 g/mol. The molecule has 0 rings (SSSR count). The van der Waals surface area contributed by atoms with Gasteiger partial charge < -0.3 is 5.32 Å². The molecular formula is C14H19F12N. The Morgan fingerprint density at radius 2 is 0.815 bits per heavy atom. The maximum Gasteiger partial charge on any atom is 0.369 e. The van der Waals surface area contributed by atoms with Crippen LogP contribution in [0.4, 0.5) is 52.7 Å². The molecule has 0 amide bonds. The highest BCUT2D eigenvalue weighted by Gasteiger charge is 2.62. The number of hydrogen-bond acceptors (Lipinski definition) is 1. The van der Waals surface area contributed by atoms with E-state index in [4.69, 9.17) is 0 Å². The molecule has 164 valence electrons. The van der Waals surface area contributed by atoms with Gasteiger partial charge >= 0.3 is 36.5 Å². The standard InChI is InChI=1S/C14H19F12N/c15-9(16)13(23,24)11(19,20)5-1-3-7-27-8-4-2-6-12(21,22)14(25,26)10(17)18/h9-10,27H,1-8H2. The minimum Gasteiger partial charge on any atom is -0.317 e. The van der Waals surface area contributed by atoms with Crippen LogP contribution in [0.3, 0.4) is 0 Å². The summed E-state index contributed by atoms with van der Waals surface area (Å²) in [6.07, 6.45) is -13.3. The smallest absolute Gasteiger partial charge is 0.317 e. The topological polar surface area (TPSA) is 12.0 Å². The van der Waals surface area contributed by atoms with Gasteiger partial charge in [-0.25, -0.2) is 17.6 Å². The highest BCUT2D eigenvalue weighted by molar-refractivity contribution is 4.87. The third kappa shape index (κ3) is 7.22. The van der Waals surface area contributed by atoms with Gasteiger partial charge in [0.2, 0.25) is 0 Å². The molecule has 0 fully saturated rings. The lowest BCUT2D eigenvalue weighted by atomic mass is 10.0. The van der Waals surface area contributed by atoms with Gasteiger partial charge in [-0.3, -0.25) is 0 Å². The molecule has 0 aromatic heterocycles. The van der Waals surface area contributed by atoms with Crippen molar-refractivity contribution in [3.8, 4) is 0 Å². The minimum absolute atomic E-state index is 0.0417. The molecule has 0 aliphatic rings. The molecule has 0 radical (unpaired) electrons. The van der Waals surface area contributed by atoms with E-state index in [2.05, 4.69) is 5.32 Å². The fourth-order valence-electron chi connectivity index (χ4n) is 1.97. The average Bonchev–Trinajstić information content (AvgIpc) is 2.52. The van der Waals surface area contributed by atoms with E-state index in [1.165, 1.54) is 0 Å². The summed E-state index contributed by atoms with van der Waals surface area (Å²) >= 11 is 0. The number of rotatable bonds is 14. The molecule has 27 heavy (non-hydrogen) atoms. The van der Waals surface area contributed by atoms with Crippen molar-refractivity contribution < 1.29 is 52.7 Å². The molecule has 0 bridgehead atoms. The number of nitrogens with one attached hydrogen (secondary N) is 1. The Kier molecular flexibility index (Phi) is 9.73. The van der Waals surface area contributed by atoms with Gasteiger partial charge in [0.05, 0.1) is 0 Å². The first-order valence-corrected chi connectivity index (χ1v) is 7.88. The van der Waals surface area contributed by atoms with Crippen molar-refractivity contribution in [1.82, 2.24) is 5.32 Å². The number of unbranched alkanes of at least 4 members (excludes halogenated alkanes) is 2. The fourth-order valence-corrected chi connectivity index (χ4v) is 1.97. The van der Waals surface area contributed by atoms with Crippen molar-refractivity contribution in [1.29, 1.82) is 0 Å². The van der Waals surface area contributed by atoms with Crippen molar-refractivity contribution >= 4 is 0 Å². The van der Waals surface area contributed by atoms with Crippen LogP contribution in [0.2, 0.25) is 0 Å². The first-order valence-electron chi connectivity index (χ1n) is 7.88. The maximum atomic E-state index is 13.0. The summed E-state index contributed by atoms with van der Waals surface area (Å²) in [6.45, 7) is -0.0835. The molecule has 0 aliphatic heterocycles. The lowest BCUT2D eigenvalue weighted by molar-refractivity contribution is -0.266. The largest absolute Gasteiger partial charge is 0.369 e. The van der Waals surface area contributed by atoms with E-state index in [0.717, 1.165) is 0 Å². The maximum absolute atomic E-state index is 13.0. The Morgan fingerprint density at radius 3 is 1.07 bits per heavy atom. The zero-order valence-electron chi connectivity index (χ0n) is 13.8. The van der Waals surface area contributed by atoms with Crippen LogP contribution in [0.1, 0.15) is 38.5 Å². The first-order chi connectivity index (χ1) is 12.1. The summed E-state index contributed by atoms with van der Waals surface area (Å²) in [6, 6.07) is 0. The SMILES string of the molecule is FC(F)C(F)(F)C(F)(F)CCCCNCCCCC(F)(F)C(F)(F)C(F)F. The molecule has 13 heteroatoms. The van der Waals surface area contributed by atoms with Gasteiger partial charge in [0.15, 0.2) is 0 Å². The van der Waals surface area contributed by atoms with Gasteiger partial charge in [-0.05, 0) is 38.8 Å². The number of halogens is 12. The Hall–Kier alpha value is -0.880. The van der Waals surface area contributed by atoms with E-state index in [1.807, 2.05) is 0 Å². The van der Waals surface area contributed by atoms with Crippen LogP contribution in [-0.2, 0) is 0 Å². The van der Waals surface area contributed by atoms with E-state index in [9.17, 15) is 52.7 Å². The monoisotopic (exact) mass is 429 g/mol. The van der Waals surface area contributed by atoms with Crippen molar-refractivity contribution in [3.63, 3.8) is 0 Å². The van der Waals surface area contributed by atoms with Crippen molar-refractivity contribution in [2.75, 3.05) is 13.1 Å². The fraction of sp³-hybridized carbons (Fsp3) is 1.00. The van der Waals surface area contributed by atoms with E-state index < -0.39 is 62.2 Å². The normalized spacial score (nSPS) is 14.4. The molecule has 0 saturated heterocycles. The third-order valence-corrected chi connectivity index (χ3v) is 3.71.